The van der Waals surface area contributed by atoms with Gasteiger partial charge >= 0.3 is 6.03 Å². The van der Waals surface area contributed by atoms with Gasteiger partial charge in [0.05, 0.1) is 11.3 Å². The number of nitrogens with two attached hydrogens (primary N) is 1. The first-order valence-corrected chi connectivity index (χ1v) is 8.95. The number of nitrogens with zero attached hydrogens (tertiary/aromatic N) is 4. The number of amides is 3. The van der Waals surface area contributed by atoms with Crippen molar-refractivity contribution >= 4 is 29.5 Å². The predicted octanol–water partition coefficient (Wildman–Crippen LogP) is 1.72. The first-order valence-electron chi connectivity index (χ1n) is 7.97. The monoisotopic (exact) mass is 378 g/mol. The third-order valence-electron chi connectivity index (χ3n) is 3.97. The Morgan fingerprint density at radius 3 is 2.56 bits per heavy atom. The van der Waals surface area contributed by atoms with E-state index in [1.165, 1.54) is 0 Å². The lowest BCUT2D eigenvalue weighted by Crippen LogP contribution is -2.35. The maximum atomic E-state index is 12.2. The SMILES string of the molecule is N#Cc1c(N)nc(SCC(=O)N2CCNC2=O)c(C#N)c1-c1ccccc1. The van der Waals surface area contributed by atoms with Crippen LogP contribution < -0.4 is 11.1 Å². The molecular formula is C18H14N6O2S. The van der Waals surface area contributed by atoms with Crippen molar-refractivity contribution in [2.24, 2.45) is 0 Å². The Hall–Kier alpha value is -3.56. The van der Waals surface area contributed by atoms with Gasteiger partial charge in [-0.15, -0.1) is 0 Å². The number of pyridine rings is 1. The Morgan fingerprint density at radius 2 is 1.96 bits per heavy atom. The van der Waals surface area contributed by atoms with E-state index in [1.807, 2.05) is 12.1 Å². The molecule has 1 saturated heterocycles. The smallest absolute Gasteiger partial charge is 0.324 e. The number of benzene rings is 1. The van der Waals surface area contributed by atoms with E-state index >= 15 is 0 Å². The van der Waals surface area contributed by atoms with Crippen molar-refractivity contribution in [2.75, 3.05) is 24.6 Å². The van der Waals surface area contributed by atoms with Crippen LogP contribution in [0, 0.1) is 22.7 Å². The van der Waals surface area contributed by atoms with Crippen LogP contribution in [0.4, 0.5) is 10.6 Å². The van der Waals surface area contributed by atoms with Crippen molar-refractivity contribution < 1.29 is 9.59 Å². The summed E-state index contributed by atoms with van der Waals surface area (Å²) in [5.41, 5.74) is 7.27. The zero-order chi connectivity index (χ0) is 19.4. The molecule has 1 aliphatic heterocycles. The number of rotatable bonds is 4. The van der Waals surface area contributed by atoms with Crippen molar-refractivity contribution in [3.63, 3.8) is 0 Å². The minimum Gasteiger partial charge on any atom is -0.383 e. The zero-order valence-corrected chi connectivity index (χ0v) is 14.9. The summed E-state index contributed by atoms with van der Waals surface area (Å²) in [6.07, 6.45) is 0. The highest BCUT2D eigenvalue weighted by molar-refractivity contribution is 8.00. The lowest BCUT2D eigenvalue weighted by atomic mass is 9.97. The Bertz CT molecular complexity index is 994. The molecule has 0 bridgehead atoms. The molecule has 3 N–H and O–H groups in total. The summed E-state index contributed by atoms with van der Waals surface area (Å²) in [4.78, 5) is 29.1. The van der Waals surface area contributed by atoms with Gasteiger partial charge in [-0.2, -0.15) is 10.5 Å². The molecule has 0 aliphatic carbocycles. The van der Waals surface area contributed by atoms with Crippen LogP contribution in [0.5, 0.6) is 0 Å². The van der Waals surface area contributed by atoms with Gasteiger partial charge in [-0.05, 0) is 5.56 Å². The van der Waals surface area contributed by atoms with Gasteiger partial charge in [-0.25, -0.2) is 9.78 Å². The molecule has 1 aromatic heterocycles. The van der Waals surface area contributed by atoms with Gasteiger partial charge in [0.2, 0.25) is 5.91 Å². The van der Waals surface area contributed by atoms with E-state index in [9.17, 15) is 20.1 Å². The Morgan fingerprint density at radius 1 is 1.26 bits per heavy atom. The van der Waals surface area contributed by atoms with Gasteiger partial charge in [-0.1, -0.05) is 42.1 Å². The van der Waals surface area contributed by atoms with Crippen molar-refractivity contribution in [1.29, 1.82) is 10.5 Å². The number of anilines is 1. The number of hydrogen-bond donors (Lipinski definition) is 2. The third kappa shape index (κ3) is 3.54. The minimum absolute atomic E-state index is 0.00998. The molecule has 0 spiro atoms. The van der Waals surface area contributed by atoms with Crippen LogP contribution in [0.1, 0.15) is 11.1 Å². The quantitative estimate of drug-likeness (QED) is 0.773. The van der Waals surface area contributed by atoms with E-state index in [2.05, 4.69) is 16.4 Å². The highest BCUT2D eigenvalue weighted by Gasteiger charge is 2.27. The molecule has 1 aliphatic rings. The van der Waals surface area contributed by atoms with Gasteiger partial charge in [0, 0.05) is 18.7 Å². The molecule has 0 radical (unpaired) electrons. The third-order valence-corrected chi connectivity index (χ3v) is 4.93. The average Bonchev–Trinajstić information content (AvgIpc) is 3.12. The van der Waals surface area contributed by atoms with Crippen LogP contribution >= 0.6 is 11.8 Å². The lowest BCUT2D eigenvalue weighted by molar-refractivity contribution is -0.124. The summed E-state index contributed by atoms with van der Waals surface area (Å²) in [5.74, 6) is -0.469. The van der Waals surface area contributed by atoms with Crippen LogP contribution in [0.15, 0.2) is 35.4 Å². The fourth-order valence-electron chi connectivity index (χ4n) is 2.71. The molecule has 0 saturated carbocycles. The largest absolute Gasteiger partial charge is 0.383 e. The topological polar surface area (TPSA) is 136 Å². The highest BCUT2D eigenvalue weighted by atomic mass is 32.2. The van der Waals surface area contributed by atoms with E-state index in [1.54, 1.807) is 24.3 Å². The predicted molar refractivity (Wildman–Crippen MR) is 99.4 cm³/mol. The Labute approximate surface area is 159 Å². The molecule has 8 nitrogen and oxygen atoms in total. The maximum Gasteiger partial charge on any atom is 0.324 e. The van der Waals surface area contributed by atoms with Crippen LogP contribution in [0.2, 0.25) is 0 Å². The van der Waals surface area contributed by atoms with Crippen LogP contribution in [0.25, 0.3) is 11.1 Å². The molecule has 27 heavy (non-hydrogen) atoms. The molecule has 2 heterocycles. The van der Waals surface area contributed by atoms with E-state index < -0.39 is 6.03 Å². The number of aromatic nitrogens is 1. The number of carbonyl (C=O) groups is 2. The van der Waals surface area contributed by atoms with Crippen molar-refractivity contribution in [1.82, 2.24) is 15.2 Å². The number of urea groups is 1. The number of hydrogen-bond acceptors (Lipinski definition) is 7. The second-order valence-electron chi connectivity index (χ2n) is 5.58. The molecule has 0 atom stereocenters. The van der Waals surface area contributed by atoms with E-state index in [0.717, 1.165) is 16.7 Å². The number of nitriles is 2. The molecule has 3 amide bonds. The Kier molecular flexibility index (Phi) is 5.25. The van der Waals surface area contributed by atoms with Crippen molar-refractivity contribution in [3.05, 3.63) is 41.5 Å². The first kappa shape index (κ1) is 18.2. The zero-order valence-electron chi connectivity index (χ0n) is 14.1. The molecule has 9 heteroatoms. The summed E-state index contributed by atoms with van der Waals surface area (Å²) in [7, 11) is 0. The highest BCUT2D eigenvalue weighted by Crippen LogP contribution is 2.35. The van der Waals surface area contributed by atoms with Gasteiger partial charge in [0.25, 0.3) is 0 Å². The van der Waals surface area contributed by atoms with E-state index in [4.69, 9.17) is 5.73 Å². The van der Waals surface area contributed by atoms with Gasteiger partial charge in [-0.3, -0.25) is 9.69 Å². The summed E-state index contributed by atoms with van der Waals surface area (Å²) in [5, 5.41) is 22.0. The number of nitrogens with one attached hydrogen (secondary N) is 1. The van der Waals surface area contributed by atoms with Gasteiger partial charge in [0.15, 0.2) is 0 Å². The molecule has 2 aromatic rings. The molecule has 1 fully saturated rings. The summed E-state index contributed by atoms with van der Waals surface area (Å²) in [6.45, 7) is 0.723. The molecule has 3 rings (SSSR count). The van der Waals surface area contributed by atoms with Gasteiger partial charge in [0.1, 0.15) is 28.5 Å². The number of imide groups is 1. The molecule has 1 aromatic carbocycles. The van der Waals surface area contributed by atoms with E-state index in [0.29, 0.717) is 24.2 Å². The second kappa shape index (κ2) is 7.77. The Balaban J connectivity index is 1.98. The lowest BCUT2D eigenvalue weighted by Gasteiger charge is -2.14. The number of nitrogen functional groups attached to an aromatic ring is 1. The summed E-state index contributed by atoms with van der Waals surface area (Å²) >= 11 is 1.02. The summed E-state index contributed by atoms with van der Waals surface area (Å²) in [6, 6.07) is 12.6. The number of carbonyl (C=O) groups excluding carboxylic acids is 2. The second-order valence-corrected chi connectivity index (χ2v) is 6.55. The maximum absolute atomic E-state index is 12.2. The van der Waals surface area contributed by atoms with Crippen molar-refractivity contribution in [3.8, 4) is 23.3 Å². The van der Waals surface area contributed by atoms with Crippen LogP contribution in [0.3, 0.4) is 0 Å². The fraction of sp³-hybridized carbons (Fsp3) is 0.167. The van der Waals surface area contributed by atoms with Crippen molar-refractivity contribution in [2.45, 2.75) is 5.03 Å². The number of thioether (sulfide) groups is 1. The fourth-order valence-corrected chi connectivity index (χ4v) is 3.58. The summed E-state index contributed by atoms with van der Waals surface area (Å²) < 4.78 is 0. The normalized spacial score (nSPS) is 13.0. The van der Waals surface area contributed by atoms with Gasteiger partial charge < -0.3 is 11.1 Å². The minimum atomic E-state index is -0.432. The van der Waals surface area contributed by atoms with E-state index in [-0.39, 0.29) is 33.6 Å². The molecule has 0 unspecified atom stereocenters. The molecule has 134 valence electrons. The average molecular weight is 378 g/mol. The standard InChI is InChI=1S/C18H14N6O2S/c19-8-12-15(11-4-2-1-3-5-11)13(9-20)17(23-16(12)21)27-10-14(25)24-7-6-22-18(24)26/h1-5H,6-7,10H2,(H2,21,23)(H,22,26). The van der Waals surface area contributed by atoms with Crippen LogP contribution in [-0.2, 0) is 4.79 Å². The first-order chi connectivity index (χ1) is 13.1. The molecular weight excluding hydrogens is 364 g/mol. The van der Waals surface area contributed by atoms with Crippen LogP contribution in [-0.4, -0.2) is 40.7 Å².